The van der Waals surface area contributed by atoms with Crippen molar-refractivity contribution >= 4 is 17.9 Å². The zero-order valence-corrected chi connectivity index (χ0v) is 14.8. The number of carbonyl (C=O) groups excluding carboxylic acids is 2. The van der Waals surface area contributed by atoms with Crippen LogP contribution in [0.3, 0.4) is 0 Å². The summed E-state index contributed by atoms with van der Waals surface area (Å²) in [5.74, 6) is -1.96. The first-order valence-electron chi connectivity index (χ1n) is 8.25. The van der Waals surface area contributed by atoms with Crippen molar-refractivity contribution < 1.29 is 33.7 Å². The van der Waals surface area contributed by atoms with Gasteiger partial charge in [-0.2, -0.15) is 0 Å². The number of aliphatic carboxylic acids is 1. The first-order valence-corrected chi connectivity index (χ1v) is 8.25. The monoisotopic (exact) mass is 372 g/mol. The van der Waals surface area contributed by atoms with Crippen LogP contribution in [0.1, 0.15) is 30.1 Å². The highest BCUT2D eigenvalue weighted by atomic mass is 16.6. The lowest BCUT2D eigenvalue weighted by Gasteiger charge is -2.17. The Labute approximate surface area is 156 Å². The summed E-state index contributed by atoms with van der Waals surface area (Å²) in [4.78, 5) is 34.9. The van der Waals surface area contributed by atoms with Crippen LogP contribution in [0, 0.1) is 0 Å². The molecule has 0 radical (unpaired) electrons. The molecule has 0 heterocycles. The van der Waals surface area contributed by atoms with E-state index in [1.165, 1.54) is 0 Å². The van der Waals surface area contributed by atoms with Gasteiger partial charge in [0.05, 0.1) is 20.0 Å². The standard InChI is InChI=1S/C20H20O7/c1-25-16-9-7-14(8-10-16)13-26-20(24)19(15-5-3-2-4-6-15)27-18(23)12-11-17(21)22/h2-10,19H,11-13H2,1H3,(H,21,22). The van der Waals surface area contributed by atoms with Crippen LogP contribution in [0.2, 0.25) is 0 Å². The fourth-order valence-electron chi connectivity index (χ4n) is 2.23. The summed E-state index contributed by atoms with van der Waals surface area (Å²) in [5.41, 5.74) is 1.19. The predicted octanol–water partition coefficient (Wildman–Crippen LogP) is 2.89. The number of rotatable bonds is 9. The molecule has 0 amide bonds. The second kappa shape index (κ2) is 9.96. The maximum atomic E-state index is 12.5. The van der Waals surface area contributed by atoms with E-state index in [4.69, 9.17) is 19.3 Å². The highest BCUT2D eigenvalue weighted by Crippen LogP contribution is 2.21. The highest BCUT2D eigenvalue weighted by Gasteiger charge is 2.26. The topological polar surface area (TPSA) is 99.1 Å². The Hall–Kier alpha value is -3.35. The summed E-state index contributed by atoms with van der Waals surface area (Å²) in [6.07, 6.45) is -1.96. The first kappa shape index (κ1) is 20.0. The Balaban J connectivity index is 2.03. The second-order valence-corrected chi connectivity index (χ2v) is 5.63. The minimum atomic E-state index is -1.26. The van der Waals surface area contributed by atoms with E-state index in [2.05, 4.69) is 0 Å². The molecular weight excluding hydrogens is 352 g/mol. The van der Waals surface area contributed by atoms with Gasteiger partial charge in [0.15, 0.2) is 0 Å². The minimum Gasteiger partial charge on any atom is -0.497 e. The molecule has 2 aromatic carbocycles. The van der Waals surface area contributed by atoms with Gasteiger partial charge in [-0.3, -0.25) is 9.59 Å². The molecule has 2 rings (SSSR count). The van der Waals surface area contributed by atoms with Crippen molar-refractivity contribution in [2.24, 2.45) is 0 Å². The van der Waals surface area contributed by atoms with E-state index in [0.717, 1.165) is 5.56 Å². The van der Waals surface area contributed by atoms with Gasteiger partial charge in [0, 0.05) is 5.56 Å². The molecule has 1 atom stereocenters. The van der Waals surface area contributed by atoms with E-state index in [1.807, 2.05) is 0 Å². The molecule has 0 aromatic heterocycles. The Bertz CT molecular complexity index is 769. The number of hydrogen-bond donors (Lipinski definition) is 1. The quantitative estimate of drug-likeness (QED) is 0.676. The van der Waals surface area contributed by atoms with Crippen LogP contribution in [-0.4, -0.2) is 30.1 Å². The molecule has 1 unspecified atom stereocenters. The number of carbonyl (C=O) groups is 3. The third-order valence-electron chi connectivity index (χ3n) is 3.65. The predicted molar refractivity (Wildman–Crippen MR) is 94.9 cm³/mol. The highest BCUT2D eigenvalue weighted by molar-refractivity contribution is 5.82. The van der Waals surface area contributed by atoms with Crippen LogP contribution >= 0.6 is 0 Å². The molecule has 2 aromatic rings. The van der Waals surface area contributed by atoms with Gasteiger partial charge in [-0.1, -0.05) is 42.5 Å². The van der Waals surface area contributed by atoms with E-state index in [1.54, 1.807) is 61.7 Å². The summed E-state index contributed by atoms with van der Waals surface area (Å²) >= 11 is 0. The first-order chi connectivity index (χ1) is 13.0. The summed E-state index contributed by atoms with van der Waals surface area (Å²) in [5, 5.41) is 8.66. The maximum Gasteiger partial charge on any atom is 0.352 e. The smallest absolute Gasteiger partial charge is 0.352 e. The van der Waals surface area contributed by atoms with Crippen molar-refractivity contribution in [1.82, 2.24) is 0 Å². The van der Waals surface area contributed by atoms with Crippen LogP contribution in [0.25, 0.3) is 0 Å². The molecule has 142 valence electrons. The average molecular weight is 372 g/mol. The number of methoxy groups -OCH3 is 1. The molecule has 0 aliphatic carbocycles. The molecule has 7 nitrogen and oxygen atoms in total. The van der Waals surface area contributed by atoms with E-state index in [0.29, 0.717) is 11.3 Å². The van der Waals surface area contributed by atoms with E-state index >= 15 is 0 Å². The summed E-state index contributed by atoms with van der Waals surface area (Å²) < 4.78 is 15.5. The fraction of sp³-hybridized carbons (Fsp3) is 0.250. The summed E-state index contributed by atoms with van der Waals surface area (Å²) in [6.45, 7) is -0.00115. The van der Waals surface area contributed by atoms with Crippen LogP contribution < -0.4 is 4.74 Å². The van der Waals surface area contributed by atoms with Gasteiger partial charge >= 0.3 is 17.9 Å². The summed E-state index contributed by atoms with van der Waals surface area (Å²) in [6, 6.07) is 15.4. The molecule has 0 fully saturated rings. The van der Waals surface area contributed by atoms with Gasteiger partial charge in [0.2, 0.25) is 6.10 Å². The minimum absolute atomic E-state index is 0.00115. The number of hydrogen-bond acceptors (Lipinski definition) is 6. The van der Waals surface area contributed by atoms with E-state index < -0.39 is 24.0 Å². The van der Waals surface area contributed by atoms with Gasteiger partial charge in [-0.05, 0) is 17.7 Å². The SMILES string of the molecule is COc1ccc(COC(=O)C(OC(=O)CCC(=O)O)c2ccccc2)cc1. The molecule has 27 heavy (non-hydrogen) atoms. The van der Waals surface area contributed by atoms with E-state index in [-0.39, 0.29) is 19.4 Å². The lowest BCUT2D eigenvalue weighted by atomic mass is 10.1. The zero-order chi connectivity index (χ0) is 19.6. The Morgan fingerprint density at radius 1 is 0.963 bits per heavy atom. The molecule has 0 spiro atoms. The lowest BCUT2D eigenvalue weighted by Crippen LogP contribution is -2.22. The third-order valence-corrected chi connectivity index (χ3v) is 3.65. The number of esters is 2. The lowest BCUT2D eigenvalue weighted by molar-refractivity contribution is -0.170. The van der Waals surface area contributed by atoms with Crippen molar-refractivity contribution in [2.75, 3.05) is 7.11 Å². The normalized spacial score (nSPS) is 11.3. The van der Waals surface area contributed by atoms with Gasteiger partial charge < -0.3 is 19.3 Å². The molecule has 1 N–H and O–H groups in total. The largest absolute Gasteiger partial charge is 0.497 e. The van der Waals surface area contributed by atoms with Crippen molar-refractivity contribution in [1.29, 1.82) is 0 Å². The number of ether oxygens (including phenoxy) is 3. The van der Waals surface area contributed by atoms with Crippen LogP contribution in [0.4, 0.5) is 0 Å². The number of carboxylic acids is 1. The van der Waals surface area contributed by atoms with Gasteiger partial charge in [0.25, 0.3) is 0 Å². The zero-order valence-electron chi connectivity index (χ0n) is 14.8. The maximum absolute atomic E-state index is 12.5. The third kappa shape index (κ3) is 6.47. The van der Waals surface area contributed by atoms with Crippen molar-refractivity contribution in [3.63, 3.8) is 0 Å². The van der Waals surface area contributed by atoms with Gasteiger partial charge in [-0.25, -0.2) is 4.79 Å². The Morgan fingerprint density at radius 3 is 2.22 bits per heavy atom. The van der Waals surface area contributed by atoms with Gasteiger partial charge in [0.1, 0.15) is 12.4 Å². The molecule has 0 bridgehead atoms. The fourth-order valence-corrected chi connectivity index (χ4v) is 2.23. The number of benzene rings is 2. The van der Waals surface area contributed by atoms with Crippen LogP contribution in [-0.2, 0) is 30.5 Å². The molecule has 7 heteroatoms. The van der Waals surface area contributed by atoms with Crippen LogP contribution in [0.15, 0.2) is 54.6 Å². The van der Waals surface area contributed by atoms with Crippen LogP contribution in [0.5, 0.6) is 5.75 Å². The summed E-state index contributed by atoms with van der Waals surface area (Å²) in [7, 11) is 1.55. The number of carboxylic acid groups (broad SMARTS) is 1. The van der Waals surface area contributed by atoms with Gasteiger partial charge in [-0.15, -0.1) is 0 Å². The molecular formula is C20H20O7. The van der Waals surface area contributed by atoms with Crippen molar-refractivity contribution in [3.8, 4) is 5.75 Å². The Kier molecular flexibility index (Phi) is 7.37. The Morgan fingerprint density at radius 2 is 1.63 bits per heavy atom. The molecule has 0 saturated carbocycles. The molecule has 0 saturated heterocycles. The van der Waals surface area contributed by atoms with Crippen molar-refractivity contribution in [3.05, 3.63) is 65.7 Å². The second-order valence-electron chi connectivity index (χ2n) is 5.63. The van der Waals surface area contributed by atoms with Crippen molar-refractivity contribution in [2.45, 2.75) is 25.6 Å². The molecule has 0 aliphatic rings. The molecule has 0 aliphatic heterocycles. The van der Waals surface area contributed by atoms with E-state index in [9.17, 15) is 14.4 Å². The average Bonchev–Trinajstić information content (AvgIpc) is 2.69.